The molecule has 3 heterocycles. The Kier molecular flexibility index (Phi) is 4.36. The molecule has 0 bridgehead atoms. The molecule has 7 nitrogen and oxygen atoms in total. The molecule has 0 aromatic carbocycles. The maximum absolute atomic E-state index is 11.7. The number of nitrogens with one attached hydrogen (secondary N) is 2. The molecule has 1 aromatic heterocycles. The number of rotatable bonds is 4. The number of aldehydes is 1. The van der Waals surface area contributed by atoms with Crippen LogP contribution in [0.2, 0.25) is 0 Å². The molecule has 0 aliphatic carbocycles. The van der Waals surface area contributed by atoms with Crippen molar-refractivity contribution < 1.29 is 14.4 Å². The molecule has 1 aromatic rings. The molecule has 1 saturated heterocycles. The van der Waals surface area contributed by atoms with Crippen molar-refractivity contribution >= 4 is 29.6 Å². The van der Waals surface area contributed by atoms with Gasteiger partial charge in [-0.25, -0.2) is 4.98 Å². The molecule has 2 aliphatic rings. The van der Waals surface area contributed by atoms with Crippen molar-refractivity contribution in [3.05, 3.63) is 30.5 Å². The number of carbonyl (C=O) groups excluding carboxylic acids is 3. The van der Waals surface area contributed by atoms with Gasteiger partial charge in [0.2, 0.25) is 5.91 Å². The highest BCUT2D eigenvalue weighted by Crippen LogP contribution is 2.22. The maximum atomic E-state index is 11.7. The number of aromatic nitrogens is 1. The van der Waals surface area contributed by atoms with Gasteiger partial charge in [0, 0.05) is 25.1 Å². The summed E-state index contributed by atoms with van der Waals surface area (Å²) in [6, 6.07) is 3.14. The van der Waals surface area contributed by atoms with Crippen LogP contribution in [0.1, 0.15) is 12.8 Å². The molecular formula is C16H18N4O3. The summed E-state index contributed by atoms with van der Waals surface area (Å²) in [5.74, 6) is -0.0652. The van der Waals surface area contributed by atoms with Gasteiger partial charge in [0.1, 0.15) is 18.1 Å². The first kappa shape index (κ1) is 15.2. The Hall–Kier alpha value is -2.70. The number of piperidine rings is 1. The summed E-state index contributed by atoms with van der Waals surface area (Å²) in [6.07, 6.45) is 7.36. The van der Waals surface area contributed by atoms with E-state index in [1.807, 2.05) is 6.07 Å². The Morgan fingerprint density at radius 1 is 1.26 bits per heavy atom. The second kappa shape index (κ2) is 6.60. The van der Waals surface area contributed by atoms with E-state index in [1.165, 1.54) is 12.2 Å². The summed E-state index contributed by atoms with van der Waals surface area (Å²) < 4.78 is 0. The zero-order chi connectivity index (χ0) is 16.2. The van der Waals surface area contributed by atoms with E-state index in [0.29, 0.717) is 5.82 Å². The summed E-state index contributed by atoms with van der Waals surface area (Å²) in [7, 11) is 0. The van der Waals surface area contributed by atoms with Crippen molar-refractivity contribution in [2.24, 2.45) is 5.92 Å². The second-order valence-corrected chi connectivity index (χ2v) is 5.70. The van der Waals surface area contributed by atoms with Crippen molar-refractivity contribution in [3.8, 4) is 0 Å². The number of anilines is 2. The summed E-state index contributed by atoms with van der Waals surface area (Å²) in [4.78, 5) is 40.0. The van der Waals surface area contributed by atoms with Crippen molar-refractivity contribution in [1.82, 2.24) is 10.3 Å². The molecule has 7 heteroatoms. The van der Waals surface area contributed by atoms with Gasteiger partial charge in [-0.2, -0.15) is 0 Å². The number of pyridine rings is 1. The Balaban J connectivity index is 1.61. The molecular weight excluding hydrogens is 296 g/mol. The number of hydrogen-bond donors (Lipinski definition) is 2. The van der Waals surface area contributed by atoms with Crippen LogP contribution in [0.15, 0.2) is 30.5 Å². The smallest absolute Gasteiger partial charge is 0.253 e. The summed E-state index contributed by atoms with van der Waals surface area (Å²) in [6.45, 7) is 1.68. The maximum Gasteiger partial charge on any atom is 0.253 e. The number of nitrogens with zero attached hydrogens (tertiary/aromatic N) is 2. The highest BCUT2D eigenvalue weighted by molar-refractivity contribution is 6.07. The topological polar surface area (TPSA) is 91.4 Å². The second-order valence-electron chi connectivity index (χ2n) is 5.70. The van der Waals surface area contributed by atoms with Crippen molar-refractivity contribution in [3.63, 3.8) is 0 Å². The van der Waals surface area contributed by atoms with Gasteiger partial charge in [0.15, 0.2) is 0 Å². The van der Waals surface area contributed by atoms with Crippen molar-refractivity contribution in [2.45, 2.75) is 18.9 Å². The molecule has 2 N–H and O–H groups in total. The zero-order valence-corrected chi connectivity index (χ0v) is 12.6. The minimum Gasteiger partial charge on any atom is -0.370 e. The first-order valence-electron chi connectivity index (χ1n) is 7.61. The minimum atomic E-state index is -0.602. The lowest BCUT2D eigenvalue weighted by Crippen LogP contribution is -2.44. The molecule has 2 amide bonds. The largest absolute Gasteiger partial charge is 0.370 e. The molecule has 120 valence electrons. The van der Waals surface area contributed by atoms with Gasteiger partial charge in [-0.15, -0.1) is 0 Å². The zero-order valence-electron chi connectivity index (χ0n) is 12.6. The normalized spacial score (nSPS) is 21.9. The fraction of sp³-hybridized carbons (Fsp3) is 0.375. The Labute approximate surface area is 133 Å². The molecule has 2 aliphatic heterocycles. The third kappa shape index (κ3) is 3.56. The van der Waals surface area contributed by atoms with E-state index in [9.17, 15) is 14.4 Å². The SMILES string of the molecule is O=CC1CCN(c2ccc(NC3C=CC(=O)NC3=O)nc2)CC1. The monoisotopic (exact) mass is 314 g/mol. The number of carbonyl (C=O) groups is 3. The average Bonchev–Trinajstić information content (AvgIpc) is 2.58. The lowest BCUT2D eigenvalue weighted by molar-refractivity contribution is -0.128. The van der Waals surface area contributed by atoms with E-state index < -0.39 is 11.9 Å². The van der Waals surface area contributed by atoms with Crippen LogP contribution < -0.4 is 15.5 Å². The summed E-state index contributed by atoms with van der Waals surface area (Å²) in [5, 5.41) is 5.20. The molecule has 23 heavy (non-hydrogen) atoms. The van der Waals surface area contributed by atoms with E-state index in [2.05, 4.69) is 20.5 Å². The van der Waals surface area contributed by atoms with Gasteiger partial charge in [-0.05, 0) is 31.1 Å². The van der Waals surface area contributed by atoms with E-state index in [-0.39, 0.29) is 11.8 Å². The van der Waals surface area contributed by atoms with Crippen LogP contribution in [0.3, 0.4) is 0 Å². The molecule has 1 fully saturated rings. The first-order chi connectivity index (χ1) is 11.2. The highest BCUT2D eigenvalue weighted by atomic mass is 16.2. The Morgan fingerprint density at radius 3 is 2.65 bits per heavy atom. The third-order valence-corrected chi connectivity index (χ3v) is 4.12. The molecule has 1 unspecified atom stereocenters. The van der Waals surface area contributed by atoms with Crippen molar-refractivity contribution in [1.29, 1.82) is 0 Å². The van der Waals surface area contributed by atoms with Gasteiger partial charge >= 0.3 is 0 Å². The van der Waals surface area contributed by atoms with E-state index >= 15 is 0 Å². The molecule has 0 spiro atoms. The summed E-state index contributed by atoms with van der Waals surface area (Å²) in [5.41, 5.74) is 0.999. The minimum absolute atomic E-state index is 0.166. The van der Waals surface area contributed by atoms with E-state index in [1.54, 1.807) is 12.3 Å². The number of imide groups is 1. The van der Waals surface area contributed by atoms with Gasteiger partial charge in [-0.1, -0.05) is 0 Å². The fourth-order valence-electron chi connectivity index (χ4n) is 2.74. The van der Waals surface area contributed by atoms with Crippen LogP contribution >= 0.6 is 0 Å². The lowest BCUT2D eigenvalue weighted by Gasteiger charge is -2.31. The van der Waals surface area contributed by atoms with Crippen molar-refractivity contribution in [2.75, 3.05) is 23.3 Å². The van der Waals surface area contributed by atoms with E-state index in [4.69, 9.17) is 0 Å². The van der Waals surface area contributed by atoms with Crippen LogP contribution in [0, 0.1) is 5.92 Å². The lowest BCUT2D eigenvalue weighted by atomic mass is 9.98. The van der Waals surface area contributed by atoms with Gasteiger partial charge in [-0.3, -0.25) is 14.9 Å². The number of hydrogen-bond acceptors (Lipinski definition) is 6. The van der Waals surface area contributed by atoms with Gasteiger partial charge in [0.25, 0.3) is 5.91 Å². The Morgan fingerprint density at radius 2 is 2.04 bits per heavy atom. The third-order valence-electron chi connectivity index (χ3n) is 4.12. The van der Waals surface area contributed by atoms with Crippen LogP contribution in [0.4, 0.5) is 11.5 Å². The quantitative estimate of drug-likeness (QED) is 0.621. The van der Waals surface area contributed by atoms with Crippen LogP contribution in [0.25, 0.3) is 0 Å². The Bertz CT molecular complexity index is 633. The summed E-state index contributed by atoms with van der Waals surface area (Å²) >= 11 is 0. The molecule has 0 radical (unpaired) electrons. The van der Waals surface area contributed by atoms with Crippen LogP contribution in [-0.4, -0.2) is 42.2 Å². The van der Waals surface area contributed by atoms with E-state index in [0.717, 1.165) is 37.9 Å². The van der Waals surface area contributed by atoms with Gasteiger partial charge in [0.05, 0.1) is 11.9 Å². The first-order valence-corrected chi connectivity index (χ1v) is 7.61. The predicted molar refractivity (Wildman–Crippen MR) is 84.9 cm³/mol. The predicted octanol–water partition coefficient (Wildman–Crippen LogP) is 0.490. The van der Waals surface area contributed by atoms with Crippen LogP contribution in [0.5, 0.6) is 0 Å². The highest BCUT2D eigenvalue weighted by Gasteiger charge is 2.22. The molecule has 0 saturated carbocycles. The molecule has 1 atom stereocenters. The average molecular weight is 314 g/mol. The van der Waals surface area contributed by atoms with Gasteiger partial charge < -0.3 is 15.0 Å². The number of amides is 2. The standard InChI is InChI=1S/C16H18N4O3/c21-10-11-5-7-20(8-6-11)12-1-3-14(17-9-12)18-13-2-4-15(22)19-16(13)23/h1-4,9-11,13H,5-8H2,(H,17,18)(H,19,22,23). The fourth-order valence-corrected chi connectivity index (χ4v) is 2.74. The molecule has 3 rings (SSSR count). The van der Waals surface area contributed by atoms with Crippen LogP contribution in [-0.2, 0) is 14.4 Å².